The molecule has 0 atom stereocenters. The Morgan fingerprint density at radius 1 is 1.36 bits per heavy atom. The van der Waals surface area contributed by atoms with Gasteiger partial charge in [-0.05, 0) is 49.4 Å². The number of nitrogens with one attached hydrogen (secondary N) is 1. The van der Waals surface area contributed by atoms with Gasteiger partial charge < -0.3 is 11.1 Å². The summed E-state index contributed by atoms with van der Waals surface area (Å²) in [6.45, 7) is 1.91. The minimum Gasteiger partial charge on any atom is -0.385 e. The van der Waals surface area contributed by atoms with Crippen LogP contribution in [-0.2, 0) is 12.8 Å². The molecule has 0 bridgehead atoms. The van der Waals surface area contributed by atoms with Crippen LogP contribution >= 0.6 is 0 Å². The molecule has 0 saturated carbocycles. The highest BCUT2D eigenvalue weighted by Gasteiger charge is 2.07. The lowest BCUT2D eigenvalue weighted by atomic mass is 9.99. The summed E-state index contributed by atoms with van der Waals surface area (Å²) in [6.07, 6.45) is 4.68. The van der Waals surface area contributed by atoms with Crippen LogP contribution in [-0.4, -0.2) is 13.1 Å². The molecule has 76 valence electrons. The molecule has 2 nitrogen and oxygen atoms in total. The first-order valence-electron chi connectivity index (χ1n) is 5.46. The fourth-order valence-corrected chi connectivity index (χ4v) is 1.99. The molecule has 0 radical (unpaired) electrons. The van der Waals surface area contributed by atoms with Crippen LogP contribution in [0.1, 0.15) is 24.0 Å². The van der Waals surface area contributed by atoms with Gasteiger partial charge in [0.15, 0.2) is 0 Å². The number of hydrogen-bond acceptors (Lipinski definition) is 2. The van der Waals surface area contributed by atoms with Crippen molar-refractivity contribution in [1.82, 2.24) is 0 Å². The summed E-state index contributed by atoms with van der Waals surface area (Å²) < 4.78 is 0. The Morgan fingerprint density at radius 2 is 2.29 bits per heavy atom. The molecule has 3 N–H and O–H groups in total. The van der Waals surface area contributed by atoms with Gasteiger partial charge in [-0.1, -0.05) is 12.1 Å². The number of benzene rings is 1. The molecule has 0 spiro atoms. The van der Waals surface area contributed by atoms with Crippen LogP contribution in [0.25, 0.3) is 0 Å². The molecular formula is C12H18N2. The number of anilines is 1. The Labute approximate surface area is 85.5 Å². The van der Waals surface area contributed by atoms with E-state index in [2.05, 4.69) is 23.5 Å². The third kappa shape index (κ3) is 2.07. The van der Waals surface area contributed by atoms with Crippen molar-refractivity contribution in [3.8, 4) is 0 Å². The molecule has 1 aromatic carbocycles. The van der Waals surface area contributed by atoms with Gasteiger partial charge in [-0.2, -0.15) is 0 Å². The fourth-order valence-electron chi connectivity index (χ4n) is 1.99. The smallest absolute Gasteiger partial charge is 0.0372 e. The van der Waals surface area contributed by atoms with Crippen LogP contribution in [0.2, 0.25) is 0 Å². The van der Waals surface area contributed by atoms with Crippen molar-refractivity contribution < 1.29 is 0 Å². The topological polar surface area (TPSA) is 38.0 Å². The van der Waals surface area contributed by atoms with Crippen LogP contribution < -0.4 is 11.1 Å². The lowest BCUT2D eigenvalue weighted by Gasteiger charge is -2.18. The van der Waals surface area contributed by atoms with E-state index in [4.69, 9.17) is 5.73 Å². The quantitative estimate of drug-likeness (QED) is 0.764. The van der Waals surface area contributed by atoms with Gasteiger partial charge >= 0.3 is 0 Å². The van der Waals surface area contributed by atoms with Crippen molar-refractivity contribution in [3.63, 3.8) is 0 Å². The molecule has 14 heavy (non-hydrogen) atoms. The molecule has 0 aliphatic carbocycles. The highest BCUT2D eigenvalue weighted by molar-refractivity contribution is 5.54. The molecule has 0 unspecified atom stereocenters. The molecule has 0 aromatic heterocycles. The lowest BCUT2D eigenvalue weighted by Crippen LogP contribution is -2.11. The number of aryl methyl sites for hydroxylation is 2. The normalized spacial score (nSPS) is 14.6. The van der Waals surface area contributed by atoms with E-state index in [9.17, 15) is 0 Å². The SMILES string of the molecule is NCCCc1ccc2c(c1)CCCN2. The van der Waals surface area contributed by atoms with Crippen molar-refractivity contribution >= 4 is 5.69 Å². The lowest BCUT2D eigenvalue weighted by molar-refractivity contribution is 0.811. The van der Waals surface area contributed by atoms with Gasteiger partial charge in [-0.3, -0.25) is 0 Å². The Kier molecular flexibility index (Phi) is 3.04. The molecule has 1 heterocycles. The van der Waals surface area contributed by atoms with Crippen LogP contribution in [0.15, 0.2) is 18.2 Å². The average molecular weight is 190 g/mol. The van der Waals surface area contributed by atoms with Crippen molar-refractivity contribution in [2.75, 3.05) is 18.4 Å². The van der Waals surface area contributed by atoms with Gasteiger partial charge in [0.2, 0.25) is 0 Å². The monoisotopic (exact) mass is 190 g/mol. The van der Waals surface area contributed by atoms with E-state index in [-0.39, 0.29) is 0 Å². The summed E-state index contributed by atoms with van der Waals surface area (Å²) in [7, 11) is 0. The zero-order valence-corrected chi connectivity index (χ0v) is 8.55. The van der Waals surface area contributed by atoms with Crippen molar-refractivity contribution in [2.24, 2.45) is 5.73 Å². The minimum absolute atomic E-state index is 0.787. The van der Waals surface area contributed by atoms with Crippen LogP contribution in [0.5, 0.6) is 0 Å². The highest BCUT2D eigenvalue weighted by atomic mass is 14.9. The molecule has 1 aromatic rings. The van der Waals surface area contributed by atoms with Gasteiger partial charge in [-0.15, -0.1) is 0 Å². The van der Waals surface area contributed by atoms with E-state index in [1.807, 2.05) is 0 Å². The van der Waals surface area contributed by atoms with Gasteiger partial charge in [0.05, 0.1) is 0 Å². The van der Waals surface area contributed by atoms with Crippen molar-refractivity contribution in [2.45, 2.75) is 25.7 Å². The second-order valence-corrected chi connectivity index (χ2v) is 3.91. The Bertz CT molecular complexity index is 307. The zero-order valence-electron chi connectivity index (χ0n) is 8.55. The Balaban J connectivity index is 2.12. The van der Waals surface area contributed by atoms with E-state index in [1.54, 1.807) is 0 Å². The zero-order chi connectivity index (χ0) is 9.80. The van der Waals surface area contributed by atoms with Crippen LogP contribution in [0, 0.1) is 0 Å². The maximum absolute atomic E-state index is 5.50. The predicted octanol–water partition coefficient (Wildman–Crippen LogP) is 1.94. The van der Waals surface area contributed by atoms with Crippen molar-refractivity contribution in [1.29, 1.82) is 0 Å². The molecule has 0 saturated heterocycles. The molecule has 0 amide bonds. The van der Waals surface area contributed by atoms with Crippen LogP contribution in [0.4, 0.5) is 5.69 Å². The maximum atomic E-state index is 5.50. The molecule has 0 fully saturated rings. The standard InChI is InChI=1S/C12H18N2/c13-7-1-3-10-5-6-12-11(9-10)4-2-8-14-12/h5-6,9,14H,1-4,7-8,13H2. The summed E-state index contributed by atoms with van der Waals surface area (Å²) in [5.41, 5.74) is 9.73. The first-order valence-corrected chi connectivity index (χ1v) is 5.46. The van der Waals surface area contributed by atoms with Gasteiger partial charge in [0.1, 0.15) is 0 Å². The minimum atomic E-state index is 0.787. The van der Waals surface area contributed by atoms with E-state index in [1.165, 1.54) is 29.7 Å². The van der Waals surface area contributed by atoms with Crippen LogP contribution in [0.3, 0.4) is 0 Å². The van der Waals surface area contributed by atoms with E-state index in [0.29, 0.717) is 0 Å². The molecule has 2 rings (SSSR count). The third-order valence-electron chi connectivity index (χ3n) is 2.78. The third-order valence-corrected chi connectivity index (χ3v) is 2.78. The summed E-state index contributed by atoms with van der Waals surface area (Å²) >= 11 is 0. The largest absolute Gasteiger partial charge is 0.385 e. The summed E-state index contributed by atoms with van der Waals surface area (Å²) in [4.78, 5) is 0. The molecular weight excluding hydrogens is 172 g/mol. The van der Waals surface area contributed by atoms with Gasteiger partial charge in [0.25, 0.3) is 0 Å². The van der Waals surface area contributed by atoms with E-state index >= 15 is 0 Å². The van der Waals surface area contributed by atoms with Gasteiger partial charge in [0, 0.05) is 12.2 Å². The average Bonchev–Trinajstić information content (AvgIpc) is 2.26. The van der Waals surface area contributed by atoms with Crippen molar-refractivity contribution in [3.05, 3.63) is 29.3 Å². The molecule has 1 aliphatic heterocycles. The van der Waals surface area contributed by atoms with Gasteiger partial charge in [-0.25, -0.2) is 0 Å². The number of rotatable bonds is 3. The number of nitrogens with two attached hydrogens (primary N) is 1. The predicted molar refractivity (Wildman–Crippen MR) is 60.6 cm³/mol. The molecule has 2 heteroatoms. The number of hydrogen-bond donors (Lipinski definition) is 2. The number of fused-ring (bicyclic) bond motifs is 1. The Morgan fingerprint density at radius 3 is 3.14 bits per heavy atom. The summed E-state index contributed by atoms with van der Waals surface area (Å²) in [5, 5.41) is 3.42. The second-order valence-electron chi connectivity index (χ2n) is 3.91. The van der Waals surface area contributed by atoms with E-state index in [0.717, 1.165) is 25.9 Å². The maximum Gasteiger partial charge on any atom is 0.0372 e. The Hall–Kier alpha value is -1.02. The molecule has 1 aliphatic rings. The summed E-state index contributed by atoms with van der Waals surface area (Å²) in [6, 6.07) is 6.75. The fraction of sp³-hybridized carbons (Fsp3) is 0.500. The first-order chi connectivity index (χ1) is 6.90. The summed E-state index contributed by atoms with van der Waals surface area (Å²) in [5.74, 6) is 0. The van der Waals surface area contributed by atoms with E-state index < -0.39 is 0 Å². The second kappa shape index (κ2) is 4.47. The first kappa shape index (κ1) is 9.53. The highest BCUT2D eigenvalue weighted by Crippen LogP contribution is 2.23.